The van der Waals surface area contributed by atoms with Gasteiger partial charge in [0.25, 0.3) is 5.91 Å². The van der Waals surface area contributed by atoms with Gasteiger partial charge < -0.3 is 24.6 Å². The number of nitrogens with one attached hydrogen (secondary N) is 1. The Labute approximate surface area is 210 Å². The SMILES string of the molecule is CCc1cc2c(nc1-c1ccccc1F)c(OC(C)C)c(C(=O)NC1CCN(C(=O)CO)CC1)n2C. The van der Waals surface area contributed by atoms with Crippen LogP contribution >= 0.6 is 0 Å². The fourth-order valence-corrected chi connectivity index (χ4v) is 4.74. The van der Waals surface area contributed by atoms with Crippen LogP contribution in [0.1, 0.15) is 49.7 Å². The topological polar surface area (TPSA) is 96.7 Å². The number of rotatable bonds is 7. The number of hydrogen-bond acceptors (Lipinski definition) is 5. The lowest BCUT2D eigenvalue weighted by Crippen LogP contribution is -2.47. The van der Waals surface area contributed by atoms with Crippen LogP contribution in [0.25, 0.3) is 22.3 Å². The lowest BCUT2D eigenvalue weighted by Gasteiger charge is -2.32. The fourth-order valence-electron chi connectivity index (χ4n) is 4.74. The van der Waals surface area contributed by atoms with Crippen LogP contribution in [-0.4, -0.2) is 63.2 Å². The Hall–Kier alpha value is -3.46. The quantitative estimate of drug-likeness (QED) is 0.522. The number of piperidine rings is 1. The third-order valence-corrected chi connectivity index (χ3v) is 6.60. The van der Waals surface area contributed by atoms with Crippen LogP contribution in [0.15, 0.2) is 30.3 Å². The maximum absolute atomic E-state index is 14.7. The highest BCUT2D eigenvalue weighted by Gasteiger charge is 2.29. The number of ether oxygens (including phenoxy) is 1. The number of fused-ring (bicyclic) bond motifs is 1. The predicted octanol–water partition coefficient (Wildman–Crippen LogP) is 3.44. The van der Waals surface area contributed by atoms with Gasteiger partial charge in [-0.1, -0.05) is 19.1 Å². The molecule has 1 saturated heterocycles. The third-order valence-electron chi connectivity index (χ3n) is 6.60. The van der Waals surface area contributed by atoms with Gasteiger partial charge in [-0.2, -0.15) is 0 Å². The molecule has 0 bridgehead atoms. The molecule has 1 aliphatic rings. The molecule has 2 N–H and O–H groups in total. The first-order valence-electron chi connectivity index (χ1n) is 12.4. The first kappa shape index (κ1) is 25.6. The Morgan fingerprint density at radius 2 is 1.94 bits per heavy atom. The number of halogens is 1. The maximum Gasteiger partial charge on any atom is 0.272 e. The predicted molar refractivity (Wildman–Crippen MR) is 135 cm³/mol. The second kappa shape index (κ2) is 10.7. The number of carbonyl (C=O) groups excluding carboxylic acids is 2. The summed E-state index contributed by atoms with van der Waals surface area (Å²) in [5.41, 5.74) is 3.41. The zero-order chi connectivity index (χ0) is 26.0. The Kier molecular flexibility index (Phi) is 7.59. The molecule has 9 heteroatoms. The van der Waals surface area contributed by atoms with Crippen molar-refractivity contribution in [1.82, 2.24) is 19.8 Å². The number of aliphatic hydroxyl groups excluding tert-OH is 1. The van der Waals surface area contributed by atoms with Gasteiger partial charge >= 0.3 is 0 Å². The number of aryl methyl sites for hydroxylation is 2. The number of aliphatic hydroxyl groups is 1. The van der Waals surface area contributed by atoms with Crippen molar-refractivity contribution in [2.75, 3.05) is 19.7 Å². The van der Waals surface area contributed by atoms with Gasteiger partial charge in [0.15, 0.2) is 11.4 Å². The lowest BCUT2D eigenvalue weighted by molar-refractivity contribution is -0.135. The van der Waals surface area contributed by atoms with Crippen LogP contribution in [0.5, 0.6) is 5.75 Å². The highest BCUT2D eigenvalue weighted by Crippen LogP contribution is 2.36. The van der Waals surface area contributed by atoms with Gasteiger partial charge in [0.2, 0.25) is 5.91 Å². The van der Waals surface area contributed by atoms with E-state index < -0.39 is 6.61 Å². The average molecular weight is 497 g/mol. The van der Waals surface area contributed by atoms with Crippen molar-refractivity contribution in [3.63, 3.8) is 0 Å². The highest BCUT2D eigenvalue weighted by molar-refractivity contribution is 6.03. The molecule has 0 saturated carbocycles. The summed E-state index contributed by atoms with van der Waals surface area (Å²) >= 11 is 0. The van der Waals surface area contributed by atoms with Crippen LogP contribution in [-0.2, 0) is 18.3 Å². The van der Waals surface area contributed by atoms with Crippen molar-refractivity contribution in [3.8, 4) is 17.0 Å². The molecule has 0 radical (unpaired) electrons. The van der Waals surface area contributed by atoms with Gasteiger partial charge in [0.05, 0.1) is 17.3 Å². The molecule has 2 aromatic heterocycles. The minimum Gasteiger partial charge on any atom is -0.486 e. The Balaban J connectivity index is 1.73. The van der Waals surface area contributed by atoms with Crippen LogP contribution in [0.3, 0.4) is 0 Å². The minimum absolute atomic E-state index is 0.113. The molecule has 0 aliphatic carbocycles. The summed E-state index contributed by atoms with van der Waals surface area (Å²) in [6.45, 7) is 6.19. The average Bonchev–Trinajstić information content (AvgIpc) is 3.13. The molecular formula is C27H33FN4O4. The van der Waals surface area contributed by atoms with E-state index >= 15 is 0 Å². The number of aromatic nitrogens is 2. The van der Waals surface area contributed by atoms with Gasteiger partial charge in [0, 0.05) is 31.7 Å². The molecule has 4 rings (SSSR count). The van der Waals surface area contributed by atoms with Crippen molar-refractivity contribution in [2.45, 2.75) is 52.2 Å². The zero-order valence-corrected chi connectivity index (χ0v) is 21.2. The van der Waals surface area contributed by atoms with E-state index in [1.165, 1.54) is 6.07 Å². The van der Waals surface area contributed by atoms with E-state index in [0.717, 1.165) is 11.1 Å². The first-order valence-corrected chi connectivity index (χ1v) is 12.4. The molecule has 36 heavy (non-hydrogen) atoms. The molecule has 1 fully saturated rings. The molecule has 0 spiro atoms. The monoisotopic (exact) mass is 496 g/mol. The Morgan fingerprint density at radius 1 is 1.25 bits per heavy atom. The van der Waals surface area contributed by atoms with Crippen molar-refractivity contribution in [3.05, 3.63) is 47.4 Å². The Bertz CT molecular complexity index is 1280. The molecule has 1 aromatic carbocycles. The maximum atomic E-state index is 14.7. The molecule has 8 nitrogen and oxygen atoms in total. The van der Waals surface area contributed by atoms with Crippen LogP contribution in [0, 0.1) is 5.82 Å². The van der Waals surface area contributed by atoms with E-state index in [1.54, 1.807) is 34.7 Å². The summed E-state index contributed by atoms with van der Waals surface area (Å²) in [5.74, 6) is -0.577. The number of likely N-dealkylation sites (tertiary alicyclic amines) is 1. The second-order valence-electron chi connectivity index (χ2n) is 9.39. The summed E-state index contributed by atoms with van der Waals surface area (Å²) < 4.78 is 22.6. The summed E-state index contributed by atoms with van der Waals surface area (Å²) in [6, 6.07) is 8.38. The standard InChI is InChI=1S/C27H33FN4O4/c1-5-17-14-21-24(30-23(17)19-8-6-7-9-20(19)28)26(36-16(2)3)25(31(21)4)27(35)29-18-10-12-32(13-11-18)22(34)15-33/h6-9,14,16,18,33H,5,10-13,15H2,1-4H3,(H,29,35). The third kappa shape index (κ3) is 4.93. The number of nitrogens with zero attached hydrogens (tertiary/aromatic N) is 3. The van der Waals surface area contributed by atoms with Crippen molar-refractivity contribution < 1.29 is 23.8 Å². The van der Waals surface area contributed by atoms with E-state index in [9.17, 15) is 14.0 Å². The normalized spacial score (nSPS) is 14.5. The Morgan fingerprint density at radius 3 is 2.56 bits per heavy atom. The molecule has 1 aliphatic heterocycles. The van der Waals surface area contributed by atoms with Crippen molar-refractivity contribution in [2.24, 2.45) is 7.05 Å². The van der Waals surface area contributed by atoms with E-state index in [2.05, 4.69) is 5.32 Å². The van der Waals surface area contributed by atoms with Gasteiger partial charge in [-0.05, 0) is 56.9 Å². The van der Waals surface area contributed by atoms with E-state index in [0.29, 0.717) is 60.6 Å². The molecule has 0 atom stereocenters. The number of benzene rings is 1. The summed E-state index contributed by atoms with van der Waals surface area (Å²) in [4.78, 5) is 31.7. The molecule has 3 aromatic rings. The van der Waals surface area contributed by atoms with Crippen molar-refractivity contribution in [1.29, 1.82) is 0 Å². The molecule has 3 heterocycles. The van der Waals surface area contributed by atoms with Crippen LogP contribution < -0.4 is 10.1 Å². The summed E-state index contributed by atoms with van der Waals surface area (Å²) in [7, 11) is 1.80. The van der Waals surface area contributed by atoms with E-state index in [1.807, 2.05) is 26.8 Å². The molecular weight excluding hydrogens is 463 g/mol. The second-order valence-corrected chi connectivity index (χ2v) is 9.39. The van der Waals surface area contributed by atoms with Gasteiger partial charge in [0.1, 0.15) is 17.9 Å². The van der Waals surface area contributed by atoms with E-state index in [4.69, 9.17) is 14.8 Å². The number of hydrogen-bond donors (Lipinski definition) is 2. The molecule has 0 unspecified atom stereocenters. The summed E-state index contributed by atoms with van der Waals surface area (Å²) in [5, 5.41) is 12.2. The van der Waals surface area contributed by atoms with Gasteiger partial charge in [-0.3, -0.25) is 9.59 Å². The van der Waals surface area contributed by atoms with Crippen LogP contribution in [0.2, 0.25) is 0 Å². The number of amides is 2. The highest BCUT2D eigenvalue weighted by atomic mass is 19.1. The lowest BCUT2D eigenvalue weighted by atomic mass is 10.0. The minimum atomic E-state index is -0.509. The first-order chi connectivity index (χ1) is 17.2. The number of carbonyl (C=O) groups is 2. The molecule has 2 amide bonds. The molecule has 192 valence electrons. The van der Waals surface area contributed by atoms with Gasteiger partial charge in [-0.15, -0.1) is 0 Å². The smallest absolute Gasteiger partial charge is 0.272 e. The van der Waals surface area contributed by atoms with Crippen LogP contribution in [0.4, 0.5) is 4.39 Å². The largest absolute Gasteiger partial charge is 0.486 e. The summed E-state index contributed by atoms with van der Waals surface area (Å²) in [6.07, 6.45) is 1.62. The van der Waals surface area contributed by atoms with Crippen molar-refractivity contribution >= 4 is 22.8 Å². The zero-order valence-electron chi connectivity index (χ0n) is 21.2. The van der Waals surface area contributed by atoms with Gasteiger partial charge in [-0.25, -0.2) is 9.37 Å². The number of pyridine rings is 1. The fraction of sp³-hybridized carbons (Fsp3) is 0.444. The van der Waals surface area contributed by atoms with E-state index in [-0.39, 0.29) is 29.8 Å².